The van der Waals surface area contributed by atoms with Crippen molar-refractivity contribution in [2.45, 2.75) is 25.0 Å². The summed E-state index contributed by atoms with van der Waals surface area (Å²) in [5.74, 6) is -0.462. The zero-order valence-electron chi connectivity index (χ0n) is 11.0. The minimum Gasteiger partial charge on any atom is -0.506 e. The van der Waals surface area contributed by atoms with Gasteiger partial charge in [-0.3, -0.25) is 4.79 Å². The SMILES string of the molecule is CC(C(=O)N1CCCc2cccc(O)c21)S(C)(=O)=O. The maximum Gasteiger partial charge on any atom is 0.245 e. The molecule has 0 saturated heterocycles. The Bertz CT molecular complexity index is 609. The third-order valence-electron chi connectivity index (χ3n) is 3.45. The number of carbonyl (C=O) groups excluding carboxylic acids is 1. The van der Waals surface area contributed by atoms with Crippen molar-refractivity contribution in [2.75, 3.05) is 17.7 Å². The molecule has 1 aromatic rings. The first kappa shape index (κ1) is 13.9. The molecule has 1 amide bonds. The molecule has 19 heavy (non-hydrogen) atoms. The van der Waals surface area contributed by atoms with Gasteiger partial charge in [-0.15, -0.1) is 0 Å². The summed E-state index contributed by atoms with van der Waals surface area (Å²) in [7, 11) is -3.44. The van der Waals surface area contributed by atoms with Gasteiger partial charge in [-0.05, 0) is 31.4 Å². The third kappa shape index (κ3) is 2.58. The van der Waals surface area contributed by atoms with Gasteiger partial charge in [-0.25, -0.2) is 8.42 Å². The molecule has 1 aliphatic heterocycles. The Hall–Kier alpha value is -1.56. The van der Waals surface area contributed by atoms with E-state index >= 15 is 0 Å². The average molecular weight is 283 g/mol. The highest BCUT2D eigenvalue weighted by atomic mass is 32.2. The van der Waals surface area contributed by atoms with E-state index in [-0.39, 0.29) is 5.75 Å². The van der Waals surface area contributed by atoms with Crippen molar-refractivity contribution in [2.24, 2.45) is 0 Å². The molecule has 0 spiro atoms. The van der Waals surface area contributed by atoms with Crippen LogP contribution < -0.4 is 4.90 Å². The highest BCUT2D eigenvalue weighted by Gasteiger charge is 2.32. The molecule has 1 atom stereocenters. The van der Waals surface area contributed by atoms with Crippen LogP contribution in [0.2, 0.25) is 0 Å². The molecule has 0 fully saturated rings. The summed E-state index contributed by atoms with van der Waals surface area (Å²) < 4.78 is 23.0. The summed E-state index contributed by atoms with van der Waals surface area (Å²) >= 11 is 0. The predicted molar refractivity (Wildman–Crippen MR) is 73.1 cm³/mol. The molecule has 6 heteroatoms. The molecule has 1 aliphatic rings. The Morgan fingerprint density at radius 3 is 2.74 bits per heavy atom. The molecule has 0 saturated carbocycles. The maximum atomic E-state index is 12.3. The Kier molecular flexibility index (Phi) is 3.54. The van der Waals surface area contributed by atoms with Crippen LogP contribution in [-0.4, -0.2) is 37.5 Å². The summed E-state index contributed by atoms with van der Waals surface area (Å²) in [6.45, 7) is 1.81. The lowest BCUT2D eigenvalue weighted by atomic mass is 10.0. The molecule has 0 aliphatic carbocycles. The van der Waals surface area contributed by atoms with Crippen molar-refractivity contribution in [1.29, 1.82) is 0 Å². The molecule has 5 nitrogen and oxygen atoms in total. The van der Waals surface area contributed by atoms with Crippen molar-refractivity contribution in [3.8, 4) is 5.75 Å². The number of anilines is 1. The van der Waals surface area contributed by atoms with E-state index in [1.165, 1.54) is 17.9 Å². The summed E-state index contributed by atoms with van der Waals surface area (Å²) in [6, 6.07) is 5.08. The zero-order valence-corrected chi connectivity index (χ0v) is 11.8. The van der Waals surface area contributed by atoms with E-state index in [9.17, 15) is 18.3 Å². The van der Waals surface area contributed by atoms with Gasteiger partial charge in [0.25, 0.3) is 0 Å². The van der Waals surface area contributed by atoms with Crippen LogP contribution in [0.25, 0.3) is 0 Å². The first-order chi connectivity index (χ1) is 8.82. The lowest BCUT2D eigenvalue weighted by molar-refractivity contribution is -0.118. The molecule has 1 unspecified atom stereocenters. The van der Waals surface area contributed by atoms with Gasteiger partial charge < -0.3 is 10.0 Å². The van der Waals surface area contributed by atoms with E-state index in [1.54, 1.807) is 6.07 Å². The van der Waals surface area contributed by atoms with E-state index in [4.69, 9.17) is 0 Å². The number of para-hydroxylation sites is 1. The zero-order chi connectivity index (χ0) is 14.2. The lowest BCUT2D eigenvalue weighted by Gasteiger charge is -2.31. The van der Waals surface area contributed by atoms with Crippen molar-refractivity contribution in [3.63, 3.8) is 0 Å². The Morgan fingerprint density at radius 1 is 1.42 bits per heavy atom. The number of hydrogen-bond donors (Lipinski definition) is 1. The van der Waals surface area contributed by atoms with Gasteiger partial charge in [-0.2, -0.15) is 0 Å². The average Bonchev–Trinajstić information content (AvgIpc) is 2.35. The second kappa shape index (κ2) is 4.85. The van der Waals surface area contributed by atoms with E-state index in [1.807, 2.05) is 6.07 Å². The summed E-state index contributed by atoms with van der Waals surface area (Å²) in [4.78, 5) is 13.7. The second-order valence-electron chi connectivity index (χ2n) is 4.85. The van der Waals surface area contributed by atoms with Crippen molar-refractivity contribution >= 4 is 21.4 Å². The number of rotatable bonds is 2. The van der Waals surface area contributed by atoms with E-state index in [0.29, 0.717) is 12.2 Å². The molecule has 1 aromatic carbocycles. The Balaban J connectivity index is 2.42. The van der Waals surface area contributed by atoms with Gasteiger partial charge in [0.15, 0.2) is 9.84 Å². The Labute approximate surface area is 112 Å². The summed E-state index contributed by atoms with van der Waals surface area (Å²) in [5.41, 5.74) is 1.33. The molecule has 104 valence electrons. The molecule has 1 N–H and O–H groups in total. The third-order valence-corrected chi connectivity index (χ3v) is 4.94. The fourth-order valence-electron chi connectivity index (χ4n) is 2.25. The number of phenolic OH excluding ortho intramolecular Hbond substituents is 1. The standard InChI is InChI=1S/C13H17NO4S/c1-9(19(2,17)18)13(16)14-8-4-6-10-5-3-7-11(15)12(10)14/h3,5,7,9,15H,4,6,8H2,1-2H3. The number of fused-ring (bicyclic) bond motifs is 1. The van der Waals surface area contributed by atoms with Gasteiger partial charge in [0.05, 0.1) is 5.69 Å². The van der Waals surface area contributed by atoms with Gasteiger partial charge in [0, 0.05) is 12.8 Å². The fourth-order valence-corrected chi connectivity index (χ4v) is 2.75. The quantitative estimate of drug-likeness (QED) is 0.882. The van der Waals surface area contributed by atoms with Crippen LogP contribution in [0.15, 0.2) is 18.2 Å². The number of nitrogens with zero attached hydrogens (tertiary/aromatic N) is 1. The number of benzene rings is 1. The summed E-state index contributed by atoms with van der Waals surface area (Å²) in [5, 5.41) is 8.82. The monoisotopic (exact) mass is 283 g/mol. The molecule has 0 aromatic heterocycles. The second-order valence-corrected chi connectivity index (χ2v) is 7.22. The van der Waals surface area contributed by atoms with E-state index < -0.39 is 21.0 Å². The van der Waals surface area contributed by atoms with Crippen LogP contribution in [0.5, 0.6) is 5.75 Å². The summed E-state index contributed by atoms with van der Waals surface area (Å²) in [6.07, 6.45) is 2.59. The van der Waals surface area contributed by atoms with Crippen molar-refractivity contribution in [1.82, 2.24) is 0 Å². The normalized spacial score (nSPS) is 16.8. The highest BCUT2D eigenvalue weighted by Crippen LogP contribution is 2.35. The number of aromatic hydroxyl groups is 1. The highest BCUT2D eigenvalue weighted by molar-refractivity contribution is 7.92. The number of phenols is 1. The van der Waals surface area contributed by atoms with Crippen LogP contribution in [0.4, 0.5) is 5.69 Å². The minimum atomic E-state index is -3.44. The molecule has 1 heterocycles. The van der Waals surface area contributed by atoms with Gasteiger partial charge in [-0.1, -0.05) is 12.1 Å². The molecule has 2 rings (SSSR count). The number of sulfone groups is 1. The number of aryl methyl sites for hydroxylation is 1. The predicted octanol–water partition coefficient (Wildman–Crippen LogP) is 1.10. The molecule has 0 radical (unpaired) electrons. The number of hydrogen-bond acceptors (Lipinski definition) is 4. The largest absolute Gasteiger partial charge is 0.506 e. The number of amides is 1. The maximum absolute atomic E-state index is 12.3. The smallest absolute Gasteiger partial charge is 0.245 e. The van der Waals surface area contributed by atoms with E-state index in [2.05, 4.69) is 0 Å². The number of carbonyl (C=O) groups is 1. The van der Waals surface area contributed by atoms with Crippen LogP contribution in [0, 0.1) is 0 Å². The molecular weight excluding hydrogens is 266 g/mol. The van der Waals surface area contributed by atoms with Crippen LogP contribution >= 0.6 is 0 Å². The van der Waals surface area contributed by atoms with Gasteiger partial charge >= 0.3 is 0 Å². The molecular formula is C13H17NO4S. The first-order valence-electron chi connectivity index (χ1n) is 6.13. The topological polar surface area (TPSA) is 74.7 Å². The Morgan fingerprint density at radius 2 is 2.11 bits per heavy atom. The van der Waals surface area contributed by atoms with Gasteiger partial charge in [0.2, 0.25) is 5.91 Å². The lowest BCUT2D eigenvalue weighted by Crippen LogP contribution is -2.43. The minimum absolute atomic E-state index is 0.0197. The van der Waals surface area contributed by atoms with Gasteiger partial charge in [0.1, 0.15) is 11.0 Å². The van der Waals surface area contributed by atoms with Crippen LogP contribution in [-0.2, 0) is 21.1 Å². The first-order valence-corrected chi connectivity index (χ1v) is 8.09. The van der Waals surface area contributed by atoms with Crippen molar-refractivity contribution < 1.29 is 18.3 Å². The molecule has 0 bridgehead atoms. The van der Waals surface area contributed by atoms with Crippen LogP contribution in [0.3, 0.4) is 0 Å². The van der Waals surface area contributed by atoms with Crippen molar-refractivity contribution in [3.05, 3.63) is 23.8 Å². The van der Waals surface area contributed by atoms with Crippen LogP contribution in [0.1, 0.15) is 18.9 Å². The fraction of sp³-hybridized carbons (Fsp3) is 0.462. The van der Waals surface area contributed by atoms with E-state index in [0.717, 1.165) is 24.7 Å².